The SMILES string of the molecule is Cc1ccc2c(c1)Sc1ccccc1C(=O)N2C. The number of carbonyl (C=O) groups is 1. The highest BCUT2D eigenvalue weighted by Gasteiger charge is 2.24. The number of nitrogens with zero attached hydrogens (tertiary/aromatic N) is 1. The third-order valence-corrected chi connectivity index (χ3v) is 4.24. The highest BCUT2D eigenvalue weighted by Crippen LogP contribution is 2.40. The van der Waals surface area contributed by atoms with Crippen LogP contribution in [0.3, 0.4) is 0 Å². The smallest absolute Gasteiger partial charge is 0.259 e. The molecule has 0 spiro atoms. The molecule has 2 aromatic rings. The molecule has 0 unspecified atom stereocenters. The fraction of sp³-hybridized carbons (Fsp3) is 0.133. The van der Waals surface area contributed by atoms with E-state index in [0.29, 0.717) is 0 Å². The second-order valence-corrected chi connectivity index (χ2v) is 5.52. The Morgan fingerprint density at radius 1 is 1.06 bits per heavy atom. The van der Waals surface area contributed by atoms with Crippen molar-refractivity contribution in [2.75, 3.05) is 11.9 Å². The molecule has 1 heterocycles. The summed E-state index contributed by atoms with van der Waals surface area (Å²) >= 11 is 1.66. The zero-order valence-corrected chi connectivity index (χ0v) is 11.1. The van der Waals surface area contributed by atoms with Crippen molar-refractivity contribution >= 4 is 23.4 Å². The minimum absolute atomic E-state index is 0.0562. The van der Waals surface area contributed by atoms with Gasteiger partial charge in [-0.2, -0.15) is 0 Å². The molecule has 3 rings (SSSR count). The van der Waals surface area contributed by atoms with Crippen LogP contribution in [0.1, 0.15) is 15.9 Å². The molecule has 0 bridgehead atoms. The van der Waals surface area contributed by atoms with Crippen molar-refractivity contribution in [3.8, 4) is 0 Å². The van der Waals surface area contributed by atoms with Gasteiger partial charge in [0.1, 0.15) is 0 Å². The zero-order valence-electron chi connectivity index (χ0n) is 10.3. The van der Waals surface area contributed by atoms with E-state index in [-0.39, 0.29) is 5.91 Å². The lowest BCUT2D eigenvalue weighted by molar-refractivity contribution is 0.0990. The van der Waals surface area contributed by atoms with Gasteiger partial charge >= 0.3 is 0 Å². The van der Waals surface area contributed by atoms with Crippen molar-refractivity contribution in [1.29, 1.82) is 0 Å². The largest absolute Gasteiger partial charge is 0.310 e. The summed E-state index contributed by atoms with van der Waals surface area (Å²) in [6, 6.07) is 14.0. The molecule has 0 atom stereocenters. The van der Waals surface area contributed by atoms with E-state index in [2.05, 4.69) is 13.0 Å². The molecule has 2 aromatic carbocycles. The standard InChI is InChI=1S/C15H13NOS/c1-10-7-8-12-14(9-10)18-13-6-4-3-5-11(13)15(17)16(12)2/h3-9H,1-2H3. The van der Waals surface area contributed by atoms with Crippen LogP contribution < -0.4 is 4.90 Å². The van der Waals surface area contributed by atoms with Crippen LogP contribution >= 0.6 is 11.8 Å². The number of hydrogen-bond acceptors (Lipinski definition) is 2. The molecule has 0 saturated carbocycles. The van der Waals surface area contributed by atoms with Gasteiger partial charge in [-0.05, 0) is 36.8 Å². The first-order valence-corrected chi connectivity index (χ1v) is 6.64. The lowest BCUT2D eigenvalue weighted by Crippen LogP contribution is -2.25. The number of anilines is 1. The predicted molar refractivity (Wildman–Crippen MR) is 74.5 cm³/mol. The van der Waals surface area contributed by atoms with Crippen LogP contribution in [-0.4, -0.2) is 13.0 Å². The molecule has 1 aliphatic rings. The molecule has 3 heteroatoms. The van der Waals surface area contributed by atoms with Gasteiger partial charge in [0, 0.05) is 16.8 Å². The van der Waals surface area contributed by atoms with Gasteiger partial charge in [0.05, 0.1) is 11.3 Å². The van der Waals surface area contributed by atoms with Crippen molar-refractivity contribution in [3.63, 3.8) is 0 Å². The van der Waals surface area contributed by atoms with Crippen molar-refractivity contribution in [2.24, 2.45) is 0 Å². The second kappa shape index (κ2) is 4.18. The van der Waals surface area contributed by atoms with Crippen LogP contribution in [0.25, 0.3) is 0 Å². The van der Waals surface area contributed by atoms with E-state index in [0.717, 1.165) is 21.0 Å². The first kappa shape index (κ1) is 11.4. The molecule has 1 amide bonds. The summed E-state index contributed by atoms with van der Waals surface area (Å²) in [6.45, 7) is 2.07. The molecule has 0 radical (unpaired) electrons. The summed E-state index contributed by atoms with van der Waals surface area (Å²) in [6.07, 6.45) is 0. The molecular weight excluding hydrogens is 242 g/mol. The van der Waals surface area contributed by atoms with Crippen LogP contribution in [0, 0.1) is 6.92 Å². The average Bonchev–Trinajstić information content (AvgIpc) is 2.47. The van der Waals surface area contributed by atoms with E-state index in [1.54, 1.807) is 16.7 Å². The lowest BCUT2D eigenvalue weighted by atomic mass is 10.1. The third kappa shape index (κ3) is 1.71. The highest BCUT2D eigenvalue weighted by molar-refractivity contribution is 7.99. The second-order valence-electron chi connectivity index (χ2n) is 4.43. The fourth-order valence-corrected chi connectivity index (χ4v) is 3.32. The fourth-order valence-electron chi connectivity index (χ4n) is 2.12. The number of carbonyl (C=O) groups excluding carboxylic acids is 1. The van der Waals surface area contributed by atoms with Gasteiger partial charge < -0.3 is 4.90 Å². The molecule has 18 heavy (non-hydrogen) atoms. The quantitative estimate of drug-likeness (QED) is 0.714. The van der Waals surface area contributed by atoms with E-state index in [4.69, 9.17) is 0 Å². The Balaban J connectivity index is 2.24. The Hall–Kier alpha value is -1.74. The molecule has 0 saturated heterocycles. The maximum absolute atomic E-state index is 12.4. The number of benzene rings is 2. The minimum atomic E-state index is 0.0562. The Morgan fingerprint density at radius 2 is 1.83 bits per heavy atom. The Kier molecular flexibility index (Phi) is 2.63. The van der Waals surface area contributed by atoms with Gasteiger partial charge in [0.2, 0.25) is 0 Å². The lowest BCUT2D eigenvalue weighted by Gasteiger charge is -2.17. The van der Waals surface area contributed by atoms with E-state index in [1.165, 1.54) is 5.56 Å². The third-order valence-electron chi connectivity index (χ3n) is 3.12. The number of fused-ring (bicyclic) bond motifs is 2. The summed E-state index contributed by atoms with van der Waals surface area (Å²) < 4.78 is 0. The monoisotopic (exact) mass is 255 g/mol. The van der Waals surface area contributed by atoms with Gasteiger partial charge in [-0.15, -0.1) is 0 Å². The molecule has 0 aliphatic carbocycles. The Bertz CT molecular complexity index is 636. The molecule has 0 aromatic heterocycles. The Morgan fingerprint density at radius 3 is 2.67 bits per heavy atom. The number of hydrogen-bond donors (Lipinski definition) is 0. The molecular formula is C15H13NOS. The van der Waals surface area contributed by atoms with Crippen molar-refractivity contribution < 1.29 is 4.79 Å². The number of aryl methyl sites for hydroxylation is 1. The van der Waals surface area contributed by atoms with Crippen LogP contribution in [0.15, 0.2) is 52.3 Å². The molecule has 0 fully saturated rings. The summed E-state index contributed by atoms with van der Waals surface area (Å²) in [5.74, 6) is 0.0562. The van der Waals surface area contributed by atoms with Gasteiger partial charge in [0.25, 0.3) is 5.91 Å². The van der Waals surface area contributed by atoms with Gasteiger partial charge in [-0.3, -0.25) is 4.79 Å². The van der Waals surface area contributed by atoms with Crippen LogP contribution in [0.5, 0.6) is 0 Å². The van der Waals surface area contributed by atoms with Crippen LogP contribution in [0.2, 0.25) is 0 Å². The predicted octanol–water partition coefficient (Wildman–Crippen LogP) is 3.74. The van der Waals surface area contributed by atoms with E-state index >= 15 is 0 Å². The normalized spacial score (nSPS) is 13.9. The van der Waals surface area contributed by atoms with E-state index in [9.17, 15) is 4.79 Å². The van der Waals surface area contributed by atoms with Crippen LogP contribution in [-0.2, 0) is 0 Å². The summed E-state index contributed by atoms with van der Waals surface area (Å²) in [4.78, 5) is 16.3. The van der Waals surface area contributed by atoms with Crippen molar-refractivity contribution in [1.82, 2.24) is 0 Å². The van der Waals surface area contributed by atoms with Crippen LogP contribution in [0.4, 0.5) is 5.69 Å². The maximum atomic E-state index is 12.4. The number of amides is 1. The van der Waals surface area contributed by atoms with E-state index in [1.807, 2.05) is 43.4 Å². The van der Waals surface area contributed by atoms with Gasteiger partial charge in [0.15, 0.2) is 0 Å². The molecule has 1 aliphatic heterocycles. The summed E-state index contributed by atoms with van der Waals surface area (Å²) in [7, 11) is 1.83. The number of rotatable bonds is 0. The van der Waals surface area contributed by atoms with Gasteiger partial charge in [-0.1, -0.05) is 30.0 Å². The minimum Gasteiger partial charge on any atom is -0.310 e. The average molecular weight is 255 g/mol. The first-order chi connectivity index (χ1) is 8.66. The highest BCUT2D eigenvalue weighted by atomic mass is 32.2. The summed E-state index contributed by atoms with van der Waals surface area (Å²) in [5.41, 5.74) is 2.96. The van der Waals surface area contributed by atoms with Crippen molar-refractivity contribution in [3.05, 3.63) is 53.6 Å². The van der Waals surface area contributed by atoms with Crippen molar-refractivity contribution in [2.45, 2.75) is 16.7 Å². The molecule has 2 nitrogen and oxygen atoms in total. The molecule has 0 N–H and O–H groups in total. The zero-order chi connectivity index (χ0) is 12.7. The van der Waals surface area contributed by atoms with E-state index < -0.39 is 0 Å². The Labute approximate surface area is 111 Å². The topological polar surface area (TPSA) is 20.3 Å². The first-order valence-electron chi connectivity index (χ1n) is 5.82. The molecule has 90 valence electrons. The maximum Gasteiger partial charge on any atom is 0.259 e. The summed E-state index contributed by atoms with van der Waals surface area (Å²) in [5, 5.41) is 0. The van der Waals surface area contributed by atoms with Gasteiger partial charge in [-0.25, -0.2) is 0 Å².